The molecule has 0 spiro atoms. The van der Waals surface area contributed by atoms with Gasteiger partial charge in [0.15, 0.2) is 0 Å². The van der Waals surface area contributed by atoms with E-state index in [1.807, 2.05) is 20.8 Å². The molecule has 1 saturated heterocycles. The molecule has 0 bridgehead atoms. The lowest BCUT2D eigenvalue weighted by atomic mass is 9.84. The molecule has 4 heteroatoms. The summed E-state index contributed by atoms with van der Waals surface area (Å²) in [6.07, 6.45) is -0.834. The second-order valence-corrected chi connectivity index (χ2v) is 4.55. The molecule has 0 radical (unpaired) electrons. The maximum Gasteiger partial charge on any atom is 0.256 e. The van der Waals surface area contributed by atoms with E-state index in [9.17, 15) is 8.78 Å². The first-order valence-electron chi connectivity index (χ1n) is 5.69. The zero-order valence-electron chi connectivity index (χ0n) is 9.72. The molecule has 1 aliphatic heterocycles. The van der Waals surface area contributed by atoms with Crippen LogP contribution in [0.5, 0.6) is 0 Å². The topological polar surface area (TPSA) is 21.3 Å². The highest BCUT2D eigenvalue weighted by molar-refractivity contribution is 4.96. The van der Waals surface area contributed by atoms with Crippen molar-refractivity contribution in [3.63, 3.8) is 0 Å². The van der Waals surface area contributed by atoms with E-state index in [-0.39, 0.29) is 12.2 Å². The molecule has 0 amide bonds. The Hall–Kier alpha value is -0.220. The van der Waals surface area contributed by atoms with Gasteiger partial charge in [0, 0.05) is 0 Å². The Bertz CT molecular complexity index is 189. The van der Waals surface area contributed by atoms with Crippen molar-refractivity contribution in [1.82, 2.24) is 5.32 Å². The van der Waals surface area contributed by atoms with Gasteiger partial charge in [-0.3, -0.25) is 0 Å². The van der Waals surface area contributed by atoms with Crippen molar-refractivity contribution in [1.29, 1.82) is 0 Å². The highest BCUT2D eigenvalue weighted by atomic mass is 19.3. The van der Waals surface area contributed by atoms with Crippen molar-refractivity contribution in [2.24, 2.45) is 0 Å². The molecular weight excluding hydrogens is 200 g/mol. The van der Waals surface area contributed by atoms with Crippen LogP contribution >= 0.6 is 0 Å². The van der Waals surface area contributed by atoms with E-state index in [1.165, 1.54) is 0 Å². The lowest BCUT2D eigenvalue weighted by Gasteiger charge is -2.43. The lowest BCUT2D eigenvalue weighted by Crippen LogP contribution is -2.58. The molecule has 1 N–H and O–H groups in total. The van der Waals surface area contributed by atoms with Crippen molar-refractivity contribution >= 4 is 0 Å². The first kappa shape index (κ1) is 12.8. The largest absolute Gasteiger partial charge is 0.375 e. The van der Waals surface area contributed by atoms with Gasteiger partial charge in [-0.25, -0.2) is 8.78 Å². The van der Waals surface area contributed by atoms with Gasteiger partial charge in [0.1, 0.15) is 0 Å². The van der Waals surface area contributed by atoms with Crippen LogP contribution in [0.3, 0.4) is 0 Å². The summed E-state index contributed by atoms with van der Waals surface area (Å²) in [5, 5.41) is 3.02. The number of halogens is 2. The number of hydrogen-bond donors (Lipinski definition) is 1. The summed E-state index contributed by atoms with van der Waals surface area (Å²) < 4.78 is 31.8. The van der Waals surface area contributed by atoms with Gasteiger partial charge in [-0.05, 0) is 39.7 Å². The SMILES string of the molecule is CCCNC1(C(F)F)CC(C)OC(C)C1. The van der Waals surface area contributed by atoms with E-state index in [2.05, 4.69) is 5.32 Å². The van der Waals surface area contributed by atoms with Crippen LogP contribution in [0.2, 0.25) is 0 Å². The molecule has 15 heavy (non-hydrogen) atoms. The maximum absolute atomic E-state index is 13.1. The summed E-state index contributed by atoms with van der Waals surface area (Å²) in [5.74, 6) is 0. The van der Waals surface area contributed by atoms with Crippen molar-refractivity contribution in [2.75, 3.05) is 6.54 Å². The van der Waals surface area contributed by atoms with Gasteiger partial charge in [0.25, 0.3) is 6.43 Å². The summed E-state index contributed by atoms with van der Waals surface area (Å²) >= 11 is 0. The van der Waals surface area contributed by atoms with Crippen LogP contribution in [0.15, 0.2) is 0 Å². The second-order valence-electron chi connectivity index (χ2n) is 4.55. The average Bonchev–Trinajstić information content (AvgIpc) is 2.13. The number of nitrogens with one attached hydrogen (secondary N) is 1. The Morgan fingerprint density at radius 3 is 2.27 bits per heavy atom. The Kier molecular flexibility index (Phi) is 4.46. The Morgan fingerprint density at radius 2 is 1.87 bits per heavy atom. The summed E-state index contributed by atoms with van der Waals surface area (Å²) in [7, 11) is 0. The van der Waals surface area contributed by atoms with Gasteiger partial charge in [-0.15, -0.1) is 0 Å². The molecular formula is C11H21F2NO. The first-order chi connectivity index (χ1) is 7.00. The van der Waals surface area contributed by atoms with Crippen molar-refractivity contribution in [3.8, 4) is 0 Å². The van der Waals surface area contributed by atoms with Crippen LogP contribution < -0.4 is 5.32 Å². The van der Waals surface area contributed by atoms with Gasteiger partial charge in [-0.1, -0.05) is 6.92 Å². The fraction of sp³-hybridized carbons (Fsp3) is 1.00. The molecule has 90 valence electrons. The van der Waals surface area contributed by atoms with E-state index >= 15 is 0 Å². The zero-order valence-corrected chi connectivity index (χ0v) is 9.72. The van der Waals surface area contributed by atoms with Crippen molar-refractivity contribution in [3.05, 3.63) is 0 Å². The monoisotopic (exact) mass is 221 g/mol. The van der Waals surface area contributed by atoms with Crippen LogP contribution in [0, 0.1) is 0 Å². The van der Waals surface area contributed by atoms with Crippen LogP contribution in [0.25, 0.3) is 0 Å². The molecule has 0 aliphatic carbocycles. The molecule has 2 atom stereocenters. The van der Waals surface area contributed by atoms with E-state index in [4.69, 9.17) is 4.74 Å². The molecule has 1 aliphatic rings. The highest BCUT2D eigenvalue weighted by Crippen LogP contribution is 2.33. The zero-order chi connectivity index (χ0) is 11.5. The summed E-state index contributed by atoms with van der Waals surface area (Å²) in [4.78, 5) is 0. The number of rotatable bonds is 4. The lowest BCUT2D eigenvalue weighted by molar-refractivity contribution is -0.111. The molecule has 0 aromatic carbocycles. The minimum atomic E-state index is -2.32. The van der Waals surface area contributed by atoms with E-state index in [1.54, 1.807) is 0 Å². The number of ether oxygens (including phenoxy) is 1. The average molecular weight is 221 g/mol. The third-order valence-electron chi connectivity index (χ3n) is 2.91. The van der Waals surface area contributed by atoms with Gasteiger partial charge in [0.2, 0.25) is 0 Å². The first-order valence-corrected chi connectivity index (χ1v) is 5.69. The standard InChI is InChI=1S/C11H21F2NO/c1-4-5-14-11(10(12)13)6-8(2)15-9(3)7-11/h8-10,14H,4-7H2,1-3H3. The van der Waals surface area contributed by atoms with Crippen molar-refractivity contribution in [2.45, 2.75) is 64.2 Å². The smallest absolute Gasteiger partial charge is 0.256 e. The van der Waals surface area contributed by atoms with Gasteiger partial charge in [0.05, 0.1) is 17.7 Å². The quantitative estimate of drug-likeness (QED) is 0.787. The molecule has 1 rings (SSSR count). The molecule has 2 unspecified atom stereocenters. The molecule has 0 saturated carbocycles. The van der Waals surface area contributed by atoms with E-state index in [0.717, 1.165) is 6.42 Å². The second kappa shape index (κ2) is 5.21. The summed E-state index contributed by atoms with van der Waals surface area (Å²) in [5.41, 5.74) is -1.03. The third kappa shape index (κ3) is 3.11. The third-order valence-corrected chi connectivity index (χ3v) is 2.91. The van der Waals surface area contributed by atoms with Crippen LogP contribution in [0.1, 0.15) is 40.0 Å². The molecule has 1 fully saturated rings. The molecule has 1 heterocycles. The minimum absolute atomic E-state index is 0.0906. The predicted octanol–water partition coefficient (Wildman–Crippen LogP) is 2.58. The number of hydrogen-bond acceptors (Lipinski definition) is 2. The normalized spacial score (nSPS) is 37.2. The van der Waals surface area contributed by atoms with Crippen LogP contribution in [-0.4, -0.2) is 30.7 Å². The van der Waals surface area contributed by atoms with E-state index < -0.39 is 12.0 Å². The molecule has 2 nitrogen and oxygen atoms in total. The van der Waals surface area contributed by atoms with Crippen LogP contribution in [-0.2, 0) is 4.74 Å². The Morgan fingerprint density at radius 1 is 1.33 bits per heavy atom. The fourth-order valence-electron chi connectivity index (χ4n) is 2.38. The van der Waals surface area contributed by atoms with Gasteiger partial charge >= 0.3 is 0 Å². The van der Waals surface area contributed by atoms with Crippen molar-refractivity contribution < 1.29 is 13.5 Å². The molecule has 0 aromatic heterocycles. The highest BCUT2D eigenvalue weighted by Gasteiger charge is 2.45. The minimum Gasteiger partial charge on any atom is -0.375 e. The van der Waals surface area contributed by atoms with Crippen LogP contribution in [0.4, 0.5) is 8.78 Å². The Balaban J connectivity index is 2.70. The Labute approximate surface area is 90.4 Å². The summed E-state index contributed by atoms with van der Waals surface area (Å²) in [6.45, 7) is 6.35. The van der Waals surface area contributed by atoms with E-state index in [0.29, 0.717) is 19.4 Å². The molecule has 0 aromatic rings. The van der Waals surface area contributed by atoms with Gasteiger partial charge < -0.3 is 10.1 Å². The van der Waals surface area contributed by atoms with Gasteiger partial charge in [-0.2, -0.15) is 0 Å². The number of alkyl halides is 2. The summed E-state index contributed by atoms with van der Waals surface area (Å²) in [6, 6.07) is 0. The maximum atomic E-state index is 13.1. The predicted molar refractivity (Wildman–Crippen MR) is 56.3 cm³/mol. The fourth-order valence-corrected chi connectivity index (χ4v) is 2.38.